The number of carbonyl (C=O) groups excluding carboxylic acids is 2. The van der Waals surface area contributed by atoms with Crippen LogP contribution in [-0.4, -0.2) is 63.0 Å². The molecule has 10 heteroatoms. The fourth-order valence-corrected chi connectivity index (χ4v) is 5.15. The quantitative estimate of drug-likeness (QED) is 0.578. The van der Waals surface area contributed by atoms with E-state index >= 15 is 0 Å². The van der Waals surface area contributed by atoms with Crippen molar-refractivity contribution in [3.05, 3.63) is 22.7 Å². The summed E-state index contributed by atoms with van der Waals surface area (Å²) in [5.41, 5.74) is 0. The van der Waals surface area contributed by atoms with Crippen LogP contribution in [0.25, 0.3) is 0 Å². The molecule has 1 aromatic rings. The van der Waals surface area contributed by atoms with Crippen LogP contribution in [0.4, 0.5) is 9.93 Å². The molecule has 31 heavy (non-hydrogen) atoms. The summed E-state index contributed by atoms with van der Waals surface area (Å²) in [4.78, 5) is 44.1. The first kappa shape index (κ1) is 23.5. The maximum atomic E-state index is 13.2. The topological polar surface area (TPSA) is 103 Å². The van der Waals surface area contributed by atoms with Gasteiger partial charge in [-0.1, -0.05) is 54.4 Å². The zero-order valence-electron chi connectivity index (χ0n) is 17.5. The van der Waals surface area contributed by atoms with Crippen molar-refractivity contribution in [2.45, 2.75) is 69.9 Å². The van der Waals surface area contributed by atoms with Crippen LogP contribution >= 0.6 is 22.9 Å². The van der Waals surface area contributed by atoms with Gasteiger partial charge >= 0.3 is 12.0 Å². The van der Waals surface area contributed by atoms with Gasteiger partial charge in [-0.3, -0.25) is 14.9 Å². The number of carboxylic acid groups (broad SMARTS) is 1. The molecule has 1 saturated carbocycles. The Hall–Kier alpha value is -2.13. The second kappa shape index (κ2) is 11.5. The minimum Gasteiger partial charge on any atom is -0.481 e. The molecule has 0 atom stereocenters. The van der Waals surface area contributed by atoms with Crippen LogP contribution in [0.15, 0.2) is 18.3 Å². The standard InChI is InChI=1S/C21H29ClN4O4S/c22-17-14-23-20(31-17)24-21(30)26(15-6-2-1-3-7-15)16-10-12-25(13-11-16)18(27)8-4-5-9-19(28)29/h4-5,14-16H,1-3,6-13H2,(H,28,29)(H,23,24,30). The van der Waals surface area contributed by atoms with E-state index in [1.54, 1.807) is 11.0 Å². The van der Waals surface area contributed by atoms with Crippen LogP contribution in [0.1, 0.15) is 57.8 Å². The summed E-state index contributed by atoms with van der Waals surface area (Å²) in [5.74, 6) is -0.920. The van der Waals surface area contributed by atoms with E-state index in [1.165, 1.54) is 30.0 Å². The number of hydrogen-bond acceptors (Lipinski definition) is 5. The number of amides is 3. The molecule has 0 aromatic carbocycles. The summed E-state index contributed by atoms with van der Waals surface area (Å²) in [6.07, 6.45) is 11.7. The molecule has 0 unspecified atom stereocenters. The van der Waals surface area contributed by atoms with Crippen LogP contribution in [0.3, 0.4) is 0 Å². The maximum absolute atomic E-state index is 13.2. The highest BCUT2D eigenvalue weighted by Gasteiger charge is 2.34. The Morgan fingerprint density at radius 3 is 2.39 bits per heavy atom. The Morgan fingerprint density at radius 1 is 1.13 bits per heavy atom. The van der Waals surface area contributed by atoms with E-state index in [-0.39, 0.29) is 36.9 Å². The number of aliphatic carboxylic acids is 1. The monoisotopic (exact) mass is 468 g/mol. The molecule has 8 nitrogen and oxygen atoms in total. The fraction of sp³-hybridized carbons (Fsp3) is 0.619. The molecule has 1 aliphatic heterocycles. The molecular formula is C21H29ClN4O4S. The third-order valence-corrected chi connectivity index (χ3v) is 6.89. The molecule has 170 valence electrons. The van der Waals surface area contributed by atoms with Gasteiger partial charge in [-0.05, 0) is 25.7 Å². The van der Waals surface area contributed by atoms with E-state index in [1.807, 2.05) is 4.90 Å². The van der Waals surface area contributed by atoms with Gasteiger partial charge in [0.2, 0.25) is 5.91 Å². The van der Waals surface area contributed by atoms with Crippen molar-refractivity contribution in [2.24, 2.45) is 0 Å². The van der Waals surface area contributed by atoms with Gasteiger partial charge in [0.1, 0.15) is 4.34 Å². The summed E-state index contributed by atoms with van der Waals surface area (Å²) in [5, 5.41) is 12.1. The number of carboxylic acids is 1. The number of hydrogen-bond donors (Lipinski definition) is 2. The number of nitrogens with zero attached hydrogens (tertiary/aromatic N) is 3. The Labute approximate surface area is 191 Å². The van der Waals surface area contributed by atoms with Crippen molar-refractivity contribution in [1.82, 2.24) is 14.8 Å². The van der Waals surface area contributed by atoms with Gasteiger partial charge in [0.15, 0.2) is 5.13 Å². The molecule has 1 saturated heterocycles. The third-order valence-electron chi connectivity index (χ3n) is 5.86. The molecule has 2 aliphatic rings. The normalized spacial score (nSPS) is 18.3. The number of likely N-dealkylation sites (tertiary alicyclic amines) is 1. The second-order valence-electron chi connectivity index (χ2n) is 7.98. The van der Waals surface area contributed by atoms with Crippen molar-refractivity contribution < 1.29 is 19.5 Å². The molecule has 1 aliphatic carbocycles. The van der Waals surface area contributed by atoms with E-state index in [4.69, 9.17) is 16.7 Å². The average Bonchev–Trinajstić information content (AvgIpc) is 3.17. The number of urea groups is 1. The Bertz CT molecular complexity index is 801. The van der Waals surface area contributed by atoms with Gasteiger partial charge in [0.25, 0.3) is 0 Å². The van der Waals surface area contributed by atoms with E-state index in [9.17, 15) is 14.4 Å². The number of rotatable bonds is 7. The highest BCUT2D eigenvalue weighted by molar-refractivity contribution is 7.19. The Morgan fingerprint density at radius 2 is 1.77 bits per heavy atom. The van der Waals surface area contributed by atoms with Gasteiger partial charge in [-0.25, -0.2) is 9.78 Å². The number of carbonyl (C=O) groups is 3. The van der Waals surface area contributed by atoms with Crippen molar-refractivity contribution in [3.8, 4) is 0 Å². The number of nitrogens with one attached hydrogen (secondary N) is 1. The molecule has 3 amide bonds. The highest BCUT2D eigenvalue weighted by Crippen LogP contribution is 2.30. The van der Waals surface area contributed by atoms with E-state index in [2.05, 4.69) is 10.3 Å². The van der Waals surface area contributed by atoms with Gasteiger partial charge in [0.05, 0.1) is 12.6 Å². The average molecular weight is 469 g/mol. The summed E-state index contributed by atoms with van der Waals surface area (Å²) in [7, 11) is 0. The van der Waals surface area contributed by atoms with Gasteiger partial charge < -0.3 is 14.9 Å². The molecule has 0 bridgehead atoms. The lowest BCUT2D eigenvalue weighted by Gasteiger charge is -2.43. The maximum Gasteiger partial charge on any atom is 0.324 e. The summed E-state index contributed by atoms with van der Waals surface area (Å²) >= 11 is 7.19. The van der Waals surface area contributed by atoms with Gasteiger partial charge in [-0.15, -0.1) is 0 Å². The third kappa shape index (κ3) is 6.93. The van der Waals surface area contributed by atoms with E-state index < -0.39 is 5.97 Å². The number of piperidine rings is 1. The Kier molecular flexibility index (Phi) is 8.71. The van der Waals surface area contributed by atoms with Crippen molar-refractivity contribution in [2.75, 3.05) is 18.4 Å². The zero-order valence-corrected chi connectivity index (χ0v) is 19.0. The van der Waals surface area contributed by atoms with Crippen LogP contribution < -0.4 is 5.32 Å². The van der Waals surface area contributed by atoms with Crippen molar-refractivity contribution in [3.63, 3.8) is 0 Å². The predicted molar refractivity (Wildman–Crippen MR) is 120 cm³/mol. The molecule has 3 rings (SSSR count). The molecule has 2 fully saturated rings. The largest absolute Gasteiger partial charge is 0.481 e. The molecule has 2 N–H and O–H groups in total. The zero-order chi connectivity index (χ0) is 22.2. The van der Waals surface area contributed by atoms with Gasteiger partial charge in [0, 0.05) is 31.6 Å². The molecule has 1 aromatic heterocycles. The molecule has 2 heterocycles. The second-order valence-corrected chi connectivity index (χ2v) is 9.65. The molecule has 0 spiro atoms. The first-order chi connectivity index (χ1) is 14.9. The lowest BCUT2D eigenvalue weighted by Crippen LogP contribution is -2.54. The summed E-state index contributed by atoms with van der Waals surface area (Å²) in [6, 6.07) is 0.139. The minimum atomic E-state index is -0.911. The van der Waals surface area contributed by atoms with Crippen LogP contribution in [-0.2, 0) is 9.59 Å². The van der Waals surface area contributed by atoms with E-state index in [0.29, 0.717) is 22.6 Å². The lowest BCUT2D eigenvalue weighted by atomic mass is 9.91. The predicted octanol–water partition coefficient (Wildman–Crippen LogP) is 4.38. The Balaban J connectivity index is 1.58. The van der Waals surface area contributed by atoms with Crippen LogP contribution in [0.2, 0.25) is 4.34 Å². The SMILES string of the molecule is O=C(O)CC=CCC(=O)N1CCC(N(C(=O)Nc2ncc(Cl)s2)C2CCCCC2)CC1. The van der Waals surface area contributed by atoms with Crippen molar-refractivity contribution in [1.29, 1.82) is 0 Å². The number of thiazole rings is 1. The summed E-state index contributed by atoms with van der Waals surface area (Å²) < 4.78 is 0.531. The van der Waals surface area contributed by atoms with Crippen LogP contribution in [0.5, 0.6) is 0 Å². The fourth-order valence-electron chi connectivity index (χ4n) is 4.35. The number of anilines is 1. The number of aromatic nitrogens is 1. The first-order valence-corrected chi connectivity index (χ1v) is 12.0. The minimum absolute atomic E-state index is 0.00816. The van der Waals surface area contributed by atoms with Crippen LogP contribution in [0, 0.1) is 0 Å². The smallest absolute Gasteiger partial charge is 0.324 e. The summed E-state index contributed by atoms with van der Waals surface area (Å²) in [6.45, 7) is 1.19. The molecule has 0 radical (unpaired) electrons. The molecular weight excluding hydrogens is 440 g/mol. The lowest BCUT2D eigenvalue weighted by molar-refractivity contribution is -0.136. The number of halogens is 1. The van der Waals surface area contributed by atoms with Crippen molar-refractivity contribution >= 4 is 46.0 Å². The first-order valence-electron chi connectivity index (χ1n) is 10.8. The highest BCUT2D eigenvalue weighted by atomic mass is 35.5. The van der Waals surface area contributed by atoms with Gasteiger partial charge in [-0.2, -0.15) is 0 Å². The van der Waals surface area contributed by atoms with E-state index in [0.717, 1.165) is 38.5 Å².